The molecule has 0 saturated heterocycles. The lowest BCUT2D eigenvalue weighted by molar-refractivity contribution is 0.0938. The van der Waals surface area contributed by atoms with Crippen LogP contribution in [-0.4, -0.2) is 22.1 Å². The molecular formula is C14H17N3O2. The zero-order chi connectivity index (χ0) is 13.8. The van der Waals surface area contributed by atoms with Crippen molar-refractivity contribution in [3.05, 3.63) is 35.7 Å². The maximum atomic E-state index is 12.3. The van der Waals surface area contributed by atoms with E-state index in [-0.39, 0.29) is 11.9 Å². The second kappa shape index (κ2) is 5.65. The molecule has 19 heavy (non-hydrogen) atoms. The summed E-state index contributed by atoms with van der Waals surface area (Å²) in [6, 6.07) is 5.58. The van der Waals surface area contributed by atoms with E-state index in [1.807, 2.05) is 26.0 Å². The standard InChI is InChI=1S/C14H17N3O2/c1-4-9(2)16-14(18)12-10(3)19-17-13(12)11-7-5-6-8-15-11/h5-9H,4H2,1-3H3,(H,16,18)/t9-/m1/s1. The van der Waals surface area contributed by atoms with Crippen LogP contribution in [-0.2, 0) is 0 Å². The monoisotopic (exact) mass is 259 g/mol. The molecule has 0 aliphatic rings. The molecule has 2 heterocycles. The van der Waals surface area contributed by atoms with Crippen molar-refractivity contribution in [2.75, 3.05) is 0 Å². The van der Waals surface area contributed by atoms with Crippen LogP contribution in [0.3, 0.4) is 0 Å². The maximum absolute atomic E-state index is 12.3. The molecule has 0 bridgehead atoms. The molecule has 0 fully saturated rings. The van der Waals surface area contributed by atoms with E-state index in [0.717, 1.165) is 6.42 Å². The molecule has 1 N–H and O–H groups in total. The summed E-state index contributed by atoms with van der Waals surface area (Å²) in [6.07, 6.45) is 2.53. The first-order valence-corrected chi connectivity index (χ1v) is 6.32. The highest BCUT2D eigenvalue weighted by molar-refractivity contribution is 6.00. The predicted molar refractivity (Wildman–Crippen MR) is 71.7 cm³/mol. The van der Waals surface area contributed by atoms with Gasteiger partial charge in [0, 0.05) is 12.2 Å². The highest BCUT2D eigenvalue weighted by Crippen LogP contribution is 2.23. The molecule has 0 aliphatic heterocycles. The largest absolute Gasteiger partial charge is 0.360 e. The fourth-order valence-corrected chi connectivity index (χ4v) is 1.72. The van der Waals surface area contributed by atoms with Crippen LogP contribution in [0.25, 0.3) is 11.4 Å². The van der Waals surface area contributed by atoms with Crippen LogP contribution in [0.2, 0.25) is 0 Å². The molecule has 0 radical (unpaired) electrons. The van der Waals surface area contributed by atoms with Gasteiger partial charge in [-0.3, -0.25) is 9.78 Å². The van der Waals surface area contributed by atoms with Crippen molar-refractivity contribution in [2.45, 2.75) is 33.2 Å². The van der Waals surface area contributed by atoms with Crippen LogP contribution >= 0.6 is 0 Å². The molecule has 1 amide bonds. The van der Waals surface area contributed by atoms with Crippen molar-refractivity contribution in [2.24, 2.45) is 0 Å². The fraction of sp³-hybridized carbons (Fsp3) is 0.357. The molecular weight excluding hydrogens is 242 g/mol. The first kappa shape index (κ1) is 13.3. The normalized spacial score (nSPS) is 12.2. The van der Waals surface area contributed by atoms with Crippen LogP contribution in [0.1, 0.15) is 36.4 Å². The first-order valence-electron chi connectivity index (χ1n) is 6.32. The minimum Gasteiger partial charge on any atom is -0.360 e. The third-order valence-electron chi connectivity index (χ3n) is 2.99. The van der Waals surface area contributed by atoms with E-state index in [1.54, 1.807) is 19.2 Å². The number of carbonyl (C=O) groups excluding carboxylic acids is 1. The second-order valence-electron chi connectivity index (χ2n) is 4.46. The van der Waals surface area contributed by atoms with Gasteiger partial charge in [0.1, 0.15) is 17.0 Å². The number of nitrogens with zero attached hydrogens (tertiary/aromatic N) is 2. The zero-order valence-electron chi connectivity index (χ0n) is 11.3. The van der Waals surface area contributed by atoms with E-state index in [0.29, 0.717) is 22.7 Å². The Morgan fingerprint density at radius 3 is 2.89 bits per heavy atom. The summed E-state index contributed by atoms with van der Waals surface area (Å²) in [5.41, 5.74) is 1.58. The summed E-state index contributed by atoms with van der Waals surface area (Å²) in [6.45, 7) is 5.71. The Balaban J connectivity index is 2.36. The van der Waals surface area contributed by atoms with Gasteiger partial charge < -0.3 is 9.84 Å². The third kappa shape index (κ3) is 2.81. The molecule has 0 aromatic carbocycles. The topological polar surface area (TPSA) is 68.0 Å². The summed E-state index contributed by atoms with van der Waals surface area (Å²) in [4.78, 5) is 16.5. The van der Waals surface area contributed by atoms with Crippen LogP contribution in [0, 0.1) is 6.92 Å². The summed E-state index contributed by atoms with van der Waals surface area (Å²) in [7, 11) is 0. The lowest BCUT2D eigenvalue weighted by Gasteiger charge is -2.11. The van der Waals surface area contributed by atoms with Gasteiger partial charge in [-0.1, -0.05) is 18.1 Å². The number of aryl methyl sites for hydroxylation is 1. The van der Waals surface area contributed by atoms with E-state index in [2.05, 4.69) is 15.5 Å². The number of hydrogen-bond acceptors (Lipinski definition) is 4. The van der Waals surface area contributed by atoms with Crippen molar-refractivity contribution < 1.29 is 9.32 Å². The SMILES string of the molecule is CC[C@@H](C)NC(=O)c1c(-c2ccccn2)noc1C. The molecule has 0 saturated carbocycles. The lowest BCUT2D eigenvalue weighted by Crippen LogP contribution is -2.32. The van der Waals surface area contributed by atoms with Crippen molar-refractivity contribution in [3.63, 3.8) is 0 Å². The number of carbonyl (C=O) groups is 1. The summed E-state index contributed by atoms with van der Waals surface area (Å²) < 4.78 is 5.14. The molecule has 100 valence electrons. The van der Waals surface area contributed by atoms with Crippen molar-refractivity contribution >= 4 is 5.91 Å². The number of pyridine rings is 1. The molecule has 1 atom stereocenters. The van der Waals surface area contributed by atoms with Gasteiger partial charge in [-0.15, -0.1) is 0 Å². The predicted octanol–water partition coefficient (Wildman–Crippen LogP) is 2.57. The van der Waals surface area contributed by atoms with Gasteiger partial charge in [0.25, 0.3) is 5.91 Å². The van der Waals surface area contributed by atoms with Gasteiger partial charge in [0.15, 0.2) is 0 Å². The Morgan fingerprint density at radius 2 is 2.26 bits per heavy atom. The Kier molecular flexibility index (Phi) is 3.94. The Labute approximate surface area is 112 Å². The first-order chi connectivity index (χ1) is 9.13. The summed E-state index contributed by atoms with van der Waals surface area (Å²) in [5.74, 6) is 0.329. The molecule has 0 aliphatic carbocycles. The van der Waals surface area contributed by atoms with Crippen molar-refractivity contribution in [1.29, 1.82) is 0 Å². The number of amides is 1. The Morgan fingerprint density at radius 1 is 1.47 bits per heavy atom. The molecule has 2 rings (SSSR count). The highest BCUT2D eigenvalue weighted by Gasteiger charge is 2.22. The van der Waals surface area contributed by atoms with Crippen LogP contribution in [0.4, 0.5) is 0 Å². The van der Waals surface area contributed by atoms with E-state index in [1.165, 1.54) is 0 Å². The van der Waals surface area contributed by atoms with E-state index in [9.17, 15) is 4.79 Å². The molecule has 0 unspecified atom stereocenters. The van der Waals surface area contributed by atoms with Gasteiger partial charge in [0.05, 0.1) is 5.69 Å². The van der Waals surface area contributed by atoms with Crippen LogP contribution < -0.4 is 5.32 Å². The van der Waals surface area contributed by atoms with Crippen LogP contribution in [0.15, 0.2) is 28.9 Å². The highest BCUT2D eigenvalue weighted by atomic mass is 16.5. The quantitative estimate of drug-likeness (QED) is 0.916. The molecule has 0 spiro atoms. The summed E-state index contributed by atoms with van der Waals surface area (Å²) in [5, 5.41) is 6.86. The van der Waals surface area contributed by atoms with E-state index in [4.69, 9.17) is 4.52 Å². The number of aromatic nitrogens is 2. The molecule has 5 nitrogen and oxygen atoms in total. The van der Waals surface area contributed by atoms with Crippen LogP contribution in [0.5, 0.6) is 0 Å². The van der Waals surface area contributed by atoms with Gasteiger partial charge >= 0.3 is 0 Å². The lowest BCUT2D eigenvalue weighted by atomic mass is 10.1. The molecule has 2 aromatic rings. The molecule has 5 heteroatoms. The van der Waals surface area contributed by atoms with E-state index < -0.39 is 0 Å². The third-order valence-corrected chi connectivity index (χ3v) is 2.99. The average molecular weight is 259 g/mol. The average Bonchev–Trinajstić information content (AvgIpc) is 2.81. The second-order valence-corrected chi connectivity index (χ2v) is 4.46. The maximum Gasteiger partial charge on any atom is 0.257 e. The molecule has 2 aromatic heterocycles. The number of hydrogen-bond donors (Lipinski definition) is 1. The van der Waals surface area contributed by atoms with Crippen molar-refractivity contribution in [3.8, 4) is 11.4 Å². The smallest absolute Gasteiger partial charge is 0.257 e. The minimum absolute atomic E-state index is 0.110. The zero-order valence-corrected chi connectivity index (χ0v) is 11.3. The summed E-state index contributed by atoms with van der Waals surface area (Å²) >= 11 is 0. The Hall–Kier alpha value is -2.17. The number of nitrogens with one attached hydrogen (secondary N) is 1. The van der Waals surface area contributed by atoms with Gasteiger partial charge in [-0.05, 0) is 32.4 Å². The van der Waals surface area contributed by atoms with Gasteiger partial charge in [0.2, 0.25) is 0 Å². The van der Waals surface area contributed by atoms with Crippen molar-refractivity contribution in [1.82, 2.24) is 15.5 Å². The Bertz CT molecular complexity index is 563. The minimum atomic E-state index is -0.172. The fourth-order valence-electron chi connectivity index (χ4n) is 1.72. The number of rotatable bonds is 4. The van der Waals surface area contributed by atoms with Gasteiger partial charge in [-0.2, -0.15) is 0 Å². The van der Waals surface area contributed by atoms with Gasteiger partial charge in [-0.25, -0.2) is 0 Å². The van der Waals surface area contributed by atoms with E-state index >= 15 is 0 Å².